The van der Waals surface area contributed by atoms with Crippen molar-refractivity contribution in [3.05, 3.63) is 35.0 Å². The Kier molecular flexibility index (Phi) is 5.59. The molecule has 1 amide bonds. The minimum atomic E-state index is -3.78. The zero-order valence-corrected chi connectivity index (χ0v) is 19.7. The molecule has 0 aliphatic carbocycles. The van der Waals surface area contributed by atoms with E-state index in [0.717, 1.165) is 0 Å². The number of benzene rings is 1. The monoisotopic (exact) mass is 490 g/mol. The zero-order valence-electron chi connectivity index (χ0n) is 18.0. The van der Waals surface area contributed by atoms with Gasteiger partial charge in [-0.2, -0.15) is 9.29 Å². The zero-order chi connectivity index (χ0) is 23.2. The first kappa shape index (κ1) is 21.9. The highest BCUT2D eigenvalue weighted by molar-refractivity contribution is 7.89. The van der Waals surface area contributed by atoms with Crippen molar-refractivity contribution in [3.63, 3.8) is 0 Å². The molecule has 0 bridgehead atoms. The van der Waals surface area contributed by atoms with Gasteiger partial charge < -0.3 is 19.3 Å². The van der Waals surface area contributed by atoms with Crippen LogP contribution in [0.2, 0.25) is 0 Å². The quantitative estimate of drug-likeness (QED) is 0.578. The number of amides is 1. The van der Waals surface area contributed by atoms with Crippen molar-refractivity contribution < 1.29 is 27.2 Å². The van der Waals surface area contributed by atoms with Gasteiger partial charge in [0.1, 0.15) is 0 Å². The maximum atomic E-state index is 13.4. The van der Waals surface area contributed by atoms with Gasteiger partial charge in [-0.05, 0) is 38.0 Å². The Morgan fingerprint density at radius 2 is 2.03 bits per heavy atom. The van der Waals surface area contributed by atoms with Gasteiger partial charge >= 0.3 is 0 Å². The SMILES string of the molecule is Cc1nc(-c2cc(S(=O)(=O)N3CCC[C@@H](C(=O)Nc4ccc5c(c4)OCO5)C3)c(C)s2)no1. The number of nitrogens with zero attached hydrogens (tertiary/aromatic N) is 3. The fraction of sp³-hybridized carbons (Fsp3) is 0.381. The van der Waals surface area contributed by atoms with E-state index in [1.54, 1.807) is 38.1 Å². The number of anilines is 1. The van der Waals surface area contributed by atoms with E-state index in [2.05, 4.69) is 15.5 Å². The van der Waals surface area contributed by atoms with Gasteiger partial charge in [0.2, 0.25) is 34.4 Å². The van der Waals surface area contributed by atoms with Crippen LogP contribution in [0.5, 0.6) is 11.5 Å². The van der Waals surface area contributed by atoms with Crippen LogP contribution in [0.4, 0.5) is 5.69 Å². The summed E-state index contributed by atoms with van der Waals surface area (Å²) < 4.78 is 43.9. The lowest BCUT2D eigenvalue weighted by Crippen LogP contribution is -2.43. The number of sulfonamides is 1. The minimum Gasteiger partial charge on any atom is -0.454 e. The van der Waals surface area contributed by atoms with Crippen LogP contribution < -0.4 is 14.8 Å². The molecule has 3 aromatic rings. The molecule has 5 rings (SSSR count). The third-order valence-electron chi connectivity index (χ3n) is 5.63. The lowest BCUT2D eigenvalue weighted by atomic mass is 9.98. The number of hydrogen-bond acceptors (Lipinski definition) is 9. The summed E-state index contributed by atoms with van der Waals surface area (Å²) in [6.07, 6.45) is 1.21. The van der Waals surface area contributed by atoms with Crippen molar-refractivity contribution in [2.24, 2.45) is 5.92 Å². The van der Waals surface area contributed by atoms with Gasteiger partial charge in [0.15, 0.2) is 11.5 Å². The summed E-state index contributed by atoms with van der Waals surface area (Å²) in [5, 5.41) is 6.75. The first-order valence-electron chi connectivity index (χ1n) is 10.4. The predicted octanol–water partition coefficient (Wildman–Crippen LogP) is 3.18. The number of thiophene rings is 1. The Labute approximate surface area is 194 Å². The van der Waals surface area contributed by atoms with E-state index in [4.69, 9.17) is 14.0 Å². The van der Waals surface area contributed by atoms with Crippen molar-refractivity contribution in [2.45, 2.75) is 31.6 Å². The average molecular weight is 491 g/mol. The largest absolute Gasteiger partial charge is 0.454 e. The second kappa shape index (κ2) is 8.43. The Balaban J connectivity index is 1.32. The number of piperidine rings is 1. The molecule has 1 aromatic carbocycles. The molecule has 10 nitrogen and oxygen atoms in total. The Bertz CT molecular complexity index is 1320. The second-order valence-electron chi connectivity index (χ2n) is 7.93. The van der Waals surface area contributed by atoms with Gasteiger partial charge in [-0.15, -0.1) is 11.3 Å². The van der Waals surface area contributed by atoms with E-state index >= 15 is 0 Å². The van der Waals surface area contributed by atoms with Crippen LogP contribution in [-0.2, 0) is 14.8 Å². The number of fused-ring (bicyclic) bond motifs is 1. The summed E-state index contributed by atoms with van der Waals surface area (Å²) in [6, 6.07) is 6.75. The fourth-order valence-corrected chi connectivity index (χ4v) is 6.97. The van der Waals surface area contributed by atoms with Crippen molar-refractivity contribution in [3.8, 4) is 22.2 Å². The van der Waals surface area contributed by atoms with E-state index < -0.39 is 15.9 Å². The number of carbonyl (C=O) groups is 1. The first-order chi connectivity index (χ1) is 15.8. The number of carbonyl (C=O) groups excluding carboxylic acids is 1. The molecular formula is C21H22N4O6S2. The maximum Gasteiger partial charge on any atom is 0.244 e. The Morgan fingerprint density at radius 3 is 2.82 bits per heavy atom. The summed E-state index contributed by atoms with van der Waals surface area (Å²) in [4.78, 5) is 18.6. The Morgan fingerprint density at radius 1 is 1.21 bits per heavy atom. The molecular weight excluding hydrogens is 468 g/mol. The lowest BCUT2D eigenvalue weighted by molar-refractivity contribution is -0.120. The van der Waals surface area contributed by atoms with Crippen LogP contribution in [0.15, 0.2) is 33.7 Å². The van der Waals surface area contributed by atoms with Crippen LogP contribution in [0, 0.1) is 19.8 Å². The number of aryl methyl sites for hydroxylation is 2. The van der Waals surface area contributed by atoms with Gasteiger partial charge in [0, 0.05) is 36.6 Å². The standard InChI is InChI=1S/C21H22N4O6S2/c1-12-19(9-18(32-12)20-22-13(2)31-24-20)33(27,28)25-7-3-4-14(10-25)21(26)23-15-5-6-16-17(8-15)30-11-29-16/h5-6,8-9,14H,3-4,7,10-11H2,1-2H3,(H,23,26)/t14-/m1/s1. The molecule has 4 heterocycles. The van der Waals surface area contributed by atoms with Gasteiger partial charge in [-0.3, -0.25) is 4.79 Å². The van der Waals surface area contributed by atoms with Gasteiger partial charge in [-0.25, -0.2) is 8.42 Å². The maximum absolute atomic E-state index is 13.4. The van der Waals surface area contributed by atoms with Crippen molar-refractivity contribution in [1.29, 1.82) is 0 Å². The van der Waals surface area contributed by atoms with E-state index in [9.17, 15) is 13.2 Å². The highest BCUT2D eigenvalue weighted by Gasteiger charge is 2.35. The van der Waals surface area contributed by atoms with E-state index in [1.807, 2.05) is 0 Å². The van der Waals surface area contributed by atoms with E-state index in [0.29, 0.717) is 58.0 Å². The van der Waals surface area contributed by atoms with Crippen LogP contribution in [-0.4, -0.2) is 48.7 Å². The smallest absolute Gasteiger partial charge is 0.244 e. The topological polar surface area (TPSA) is 124 Å². The van der Waals surface area contributed by atoms with Gasteiger partial charge in [-0.1, -0.05) is 5.16 Å². The second-order valence-corrected chi connectivity index (χ2v) is 11.1. The molecule has 33 heavy (non-hydrogen) atoms. The molecule has 0 unspecified atom stereocenters. The number of hydrogen-bond donors (Lipinski definition) is 1. The molecule has 1 fully saturated rings. The molecule has 174 valence electrons. The highest BCUT2D eigenvalue weighted by Crippen LogP contribution is 2.36. The van der Waals surface area contributed by atoms with E-state index in [1.165, 1.54) is 15.6 Å². The highest BCUT2D eigenvalue weighted by atomic mass is 32.2. The molecule has 0 spiro atoms. The molecule has 2 aliphatic rings. The van der Waals surface area contributed by atoms with Crippen LogP contribution >= 0.6 is 11.3 Å². The van der Waals surface area contributed by atoms with Crippen molar-refractivity contribution in [2.75, 3.05) is 25.2 Å². The third-order valence-corrected chi connectivity index (χ3v) is 8.80. The normalized spacial score (nSPS) is 18.4. The Hall–Kier alpha value is -2.96. The predicted molar refractivity (Wildman–Crippen MR) is 120 cm³/mol. The molecule has 0 radical (unpaired) electrons. The molecule has 1 atom stereocenters. The molecule has 2 aromatic heterocycles. The summed E-state index contributed by atoms with van der Waals surface area (Å²) in [7, 11) is -3.78. The summed E-state index contributed by atoms with van der Waals surface area (Å²) in [5.74, 6) is 1.29. The van der Waals surface area contributed by atoms with Gasteiger partial charge in [0.25, 0.3) is 0 Å². The molecule has 1 saturated heterocycles. The molecule has 0 saturated carbocycles. The molecule has 12 heteroatoms. The van der Waals surface area contributed by atoms with Crippen LogP contribution in [0.25, 0.3) is 10.7 Å². The summed E-state index contributed by atoms with van der Waals surface area (Å²) in [5.41, 5.74) is 0.581. The average Bonchev–Trinajstić information content (AvgIpc) is 3.53. The van der Waals surface area contributed by atoms with Gasteiger partial charge in [0.05, 0.1) is 15.7 Å². The summed E-state index contributed by atoms with van der Waals surface area (Å²) in [6.45, 7) is 4.06. The molecule has 1 N–H and O–H groups in total. The van der Waals surface area contributed by atoms with Crippen molar-refractivity contribution >= 4 is 33.0 Å². The number of nitrogens with one attached hydrogen (secondary N) is 1. The van der Waals surface area contributed by atoms with Crippen LogP contribution in [0.1, 0.15) is 23.6 Å². The summed E-state index contributed by atoms with van der Waals surface area (Å²) >= 11 is 1.30. The van der Waals surface area contributed by atoms with E-state index in [-0.39, 0.29) is 24.1 Å². The lowest BCUT2D eigenvalue weighted by Gasteiger charge is -2.31. The van der Waals surface area contributed by atoms with Crippen molar-refractivity contribution in [1.82, 2.24) is 14.4 Å². The number of rotatable bonds is 5. The number of ether oxygens (including phenoxy) is 2. The fourth-order valence-electron chi connectivity index (χ4n) is 3.96. The minimum absolute atomic E-state index is 0.116. The van der Waals surface area contributed by atoms with Crippen LogP contribution in [0.3, 0.4) is 0 Å². The third kappa shape index (κ3) is 4.21. The molecule has 2 aliphatic heterocycles. The number of aromatic nitrogens is 2. The first-order valence-corrected chi connectivity index (χ1v) is 12.7.